The summed E-state index contributed by atoms with van der Waals surface area (Å²) < 4.78 is 7.38. The van der Waals surface area contributed by atoms with Crippen molar-refractivity contribution in [3.63, 3.8) is 0 Å². The van der Waals surface area contributed by atoms with E-state index < -0.39 is 5.92 Å². The number of halogens is 2. The zero-order valence-electron chi connectivity index (χ0n) is 17.2. The van der Waals surface area contributed by atoms with Crippen LogP contribution in [0.15, 0.2) is 36.4 Å². The second-order valence-electron chi connectivity index (χ2n) is 7.51. The largest absolute Gasteiger partial charge is 0.482 e. The number of fused-ring (bicyclic) bond motifs is 1. The van der Waals surface area contributed by atoms with Crippen molar-refractivity contribution in [1.29, 1.82) is 0 Å². The number of piperidine rings is 1. The van der Waals surface area contributed by atoms with Gasteiger partial charge in [-0.05, 0) is 36.2 Å². The van der Waals surface area contributed by atoms with Crippen molar-refractivity contribution in [2.45, 2.75) is 25.3 Å². The first-order chi connectivity index (χ1) is 15.3. The van der Waals surface area contributed by atoms with E-state index in [9.17, 15) is 14.4 Å². The monoisotopic (exact) mass is 474 g/mol. The molecule has 1 aromatic heterocycles. The van der Waals surface area contributed by atoms with Gasteiger partial charge in [-0.2, -0.15) is 5.10 Å². The molecule has 1 aliphatic heterocycles. The maximum atomic E-state index is 12.3. The normalized spacial score (nSPS) is 16.2. The molecule has 2 heterocycles. The van der Waals surface area contributed by atoms with Gasteiger partial charge in [0.2, 0.25) is 11.8 Å². The second kappa shape index (κ2) is 9.18. The van der Waals surface area contributed by atoms with Gasteiger partial charge < -0.3 is 10.1 Å². The lowest BCUT2D eigenvalue weighted by Gasteiger charge is -2.19. The van der Waals surface area contributed by atoms with E-state index in [4.69, 9.17) is 27.9 Å². The van der Waals surface area contributed by atoms with Crippen LogP contribution in [0.3, 0.4) is 0 Å². The molecule has 3 amide bonds. The van der Waals surface area contributed by atoms with Crippen LogP contribution in [0.1, 0.15) is 30.0 Å². The third-order valence-corrected chi connectivity index (χ3v) is 5.63. The average Bonchev–Trinajstić information content (AvgIpc) is 3.07. The first-order valence-electron chi connectivity index (χ1n) is 9.95. The van der Waals surface area contributed by atoms with E-state index in [0.717, 1.165) is 10.9 Å². The molecule has 10 heteroatoms. The molecule has 1 saturated heterocycles. The summed E-state index contributed by atoms with van der Waals surface area (Å²) in [6.07, 6.45) is 0.667. The van der Waals surface area contributed by atoms with Crippen LogP contribution in [0.5, 0.6) is 5.75 Å². The topological polar surface area (TPSA) is 102 Å². The number of ether oxygens (including phenoxy) is 1. The highest BCUT2D eigenvalue weighted by Crippen LogP contribution is 2.34. The van der Waals surface area contributed by atoms with Gasteiger partial charge in [-0.1, -0.05) is 35.3 Å². The summed E-state index contributed by atoms with van der Waals surface area (Å²) in [5, 5.41) is 11.4. The number of carbonyl (C=O) groups is 3. The van der Waals surface area contributed by atoms with Crippen LogP contribution in [-0.2, 0) is 28.0 Å². The smallest absolute Gasteiger partial charge is 0.258 e. The van der Waals surface area contributed by atoms with Crippen LogP contribution < -0.4 is 15.4 Å². The van der Waals surface area contributed by atoms with Crippen molar-refractivity contribution in [2.75, 3.05) is 6.61 Å². The minimum Gasteiger partial charge on any atom is -0.482 e. The first-order valence-corrected chi connectivity index (χ1v) is 10.7. The number of imide groups is 1. The van der Waals surface area contributed by atoms with Gasteiger partial charge in [0.05, 0.1) is 11.6 Å². The van der Waals surface area contributed by atoms with E-state index in [2.05, 4.69) is 15.7 Å². The number of nitrogens with one attached hydrogen (secondary N) is 2. The molecule has 0 saturated carbocycles. The Balaban J connectivity index is 1.46. The summed E-state index contributed by atoms with van der Waals surface area (Å²) in [7, 11) is 1.74. The van der Waals surface area contributed by atoms with Gasteiger partial charge in [0.25, 0.3) is 5.91 Å². The maximum absolute atomic E-state index is 12.3. The number of rotatable bonds is 6. The number of hydrogen-bond donors (Lipinski definition) is 2. The molecule has 2 N–H and O–H groups in total. The summed E-state index contributed by atoms with van der Waals surface area (Å²) in [6, 6.07) is 10.4. The van der Waals surface area contributed by atoms with Crippen molar-refractivity contribution < 1.29 is 19.1 Å². The van der Waals surface area contributed by atoms with Crippen molar-refractivity contribution >= 4 is 51.8 Å². The number of nitrogens with zero attached hydrogens (tertiary/aromatic N) is 2. The van der Waals surface area contributed by atoms with Crippen molar-refractivity contribution in [1.82, 2.24) is 20.4 Å². The van der Waals surface area contributed by atoms with Gasteiger partial charge in [0.15, 0.2) is 6.61 Å². The van der Waals surface area contributed by atoms with Crippen LogP contribution in [0.25, 0.3) is 10.9 Å². The fraction of sp³-hybridized carbons (Fsp3) is 0.273. The zero-order chi connectivity index (χ0) is 22.8. The molecular formula is C22H20Cl2N4O4. The molecule has 4 rings (SSSR count). The molecule has 0 bridgehead atoms. The fourth-order valence-electron chi connectivity index (χ4n) is 3.76. The van der Waals surface area contributed by atoms with Gasteiger partial charge in [-0.15, -0.1) is 0 Å². The zero-order valence-corrected chi connectivity index (χ0v) is 18.7. The number of amides is 3. The first kappa shape index (κ1) is 22.1. The van der Waals surface area contributed by atoms with Crippen LogP contribution in [0.2, 0.25) is 10.0 Å². The highest BCUT2D eigenvalue weighted by molar-refractivity contribution is 6.34. The maximum Gasteiger partial charge on any atom is 0.258 e. The van der Waals surface area contributed by atoms with E-state index >= 15 is 0 Å². The number of hydrogen-bond acceptors (Lipinski definition) is 5. The van der Waals surface area contributed by atoms with Crippen LogP contribution in [0, 0.1) is 0 Å². The Morgan fingerprint density at radius 1 is 1.25 bits per heavy atom. The Kier molecular flexibility index (Phi) is 6.34. The Morgan fingerprint density at radius 2 is 2.00 bits per heavy atom. The fourth-order valence-corrected chi connectivity index (χ4v) is 4.34. The van der Waals surface area contributed by atoms with E-state index in [1.165, 1.54) is 0 Å². The molecule has 8 nitrogen and oxygen atoms in total. The second-order valence-corrected chi connectivity index (χ2v) is 8.38. The van der Waals surface area contributed by atoms with Crippen LogP contribution in [0.4, 0.5) is 0 Å². The van der Waals surface area contributed by atoms with Gasteiger partial charge in [0.1, 0.15) is 11.3 Å². The summed E-state index contributed by atoms with van der Waals surface area (Å²) in [6.45, 7) is 0.0599. The minimum atomic E-state index is -0.514. The van der Waals surface area contributed by atoms with Crippen molar-refractivity contribution in [3.05, 3.63) is 57.7 Å². The predicted octanol–water partition coefficient (Wildman–Crippen LogP) is 3.10. The Labute approximate surface area is 193 Å². The van der Waals surface area contributed by atoms with E-state index in [1.54, 1.807) is 42.1 Å². The third kappa shape index (κ3) is 4.71. The standard InChI is InChI=1S/C22H20Cl2N4O4/c1-28-21-15(20(27-28)16-5-6-18(29)26-22(16)31)3-2-4-17(21)32-11-19(30)25-10-12-7-13(23)9-14(24)8-12/h2-4,7-9,16H,5-6,10-11H2,1H3,(H,25,30)(H,26,29,31). The van der Waals surface area contributed by atoms with Gasteiger partial charge in [-0.25, -0.2) is 0 Å². The molecule has 2 aromatic carbocycles. The van der Waals surface area contributed by atoms with E-state index in [0.29, 0.717) is 33.4 Å². The van der Waals surface area contributed by atoms with Crippen LogP contribution >= 0.6 is 23.2 Å². The Morgan fingerprint density at radius 3 is 2.72 bits per heavy atom. The molecule has 1 unspecified atom stereocenters. The lowest BCUT2D eigenvalue weighted by Crippen LogP contribution is -2.39. The molecule has 166 valence electrons. The Bertz CT molecular complexity index is 1200. The van der Waals surface area contributed by atoms with Crippen LogP contribution in [-0.4, -0.2) is 34.1 Å². The third-order valence-electron chi connectivity index (χ3n) is 5.20. The predicted molar refractivity (Wildman–Crippen MR) is 120 cm³/mol. The highest BCUT2D eigenvalue weighted by atomic mass is 35.5. The lowest BCUT2D eigenvalue weighted by atomic mass is 9.93. The summed E-state index contributed by atoms with van der Waals surface area (Å²) in [5.74, 6) is -0.989. The molecule has 1 atom stereocenters. The Hall–Kier alpha value is -3.10. The molecule has 1 aliphatic rings. The summed E-state index contributed by atoms with van der Waals surface area (Å²) in [4.78, 5) is 36.1. The van der Waals surface area contributed by atoms with Gasteiger partial charge >= 0.3 is 0 Å². The number of benzene rings is 2. The highest BCUT2D eigenvalue weighted by Gasteiger charge is 2.32. The number of aromatic nitrogens is 2. The molecule has 3 aromatic rings. The van der Waals surface area contributed by atoms with Crippen molar-refractivity contribution in [3.8, 4) is 5.75 Å². The summed E-state index contributed by atoms with van der Waals surface area (Å²) >= 11 is 12.0. The van der Waals surface area contributed by atoms with Gasteiger partial charge in [0, 0.05) is 35.4 Å². The van der Waals surface area contributed by atoms with E-state index in [1.807, 2.05) is 6.07 Å². The van der Waals surface area contributed by atoms with E-state index in [-0.39, 0.29) is 37.3 Å². The number of carbonyl (C=O) groups excluding carboxylic acids is 3. The summed E-state index contributed by atoms with van der Waals surface area (Å²) in [5.41, 5.74) is 2.03. The van der Waals surface area contributed by atoms with Gasteiger partial charge in [-0.3, -0.25) is 24.4 Å². The van der Waals surface area contributed by atoms with Crippen molar-refractivity contribution in [2.24, 2.45) is 7.05 Å². The molecular weight excluding hydrogens is 455 g/mol. The molecule has 0 spiro atoms. The molecule has 0 radical (unpaired) electrons. The quantitative estimate of drug-likeness (QED) is 0.534. The lowest BCUT2D eigenvalue weighted by molar-refractivity contribution is -0.134. The average molecular weight is 475 g/mol. The molecule has 1 fully saturated rings. The molecule has 32 heavy (non-hydrogen) atoms. The number of para-hydroxylation sites is 1. The number of aryl methyl sites for hydroxylation is 1. The SMILES string of the molecule is Cn1nc(C2CCC(=O)NC2=O)c2cccc(OCC(=O)NCc3cc(Cl)cc(Cl)c3)c21. The molecule has 0 aliphatic carbocycles. The minimum absolute atomic E-state index is 0.202.